The molecule has 0 atom stereocenters. The van der Waals surface area contributed by atoms with E-state index in [-0.39, 0.29) is 11.4 Å². The second kappa shape index (κ2) is 6.34. The highest BCUT2D eigenvalue weighted by Crippen LogP contribution is 2.23. The molecule has 2 aromatic heterocycles. The molecule has 0 bridgehead atoms. The number of carboxylic acid groups (broad SMARTS) is 1. The minimum absolute atomic E-state index is 0.147. The fourth-order valence-electron chi connectivity index (χ4n) is 1.69. The van der Waals surface area contributed by atoms with Gasteiger partial charge in [-0.3, -0.25) is 4.98 Å². The van der Waals surface area contributed by atoms with Gasteiger partial charge in [0.15, 0.2) is 0 Å². The Kier molecular flexibility index (Phi) is 4.53. The van der Waals surface area contributed by atoms with Gasteiger partial charge in [-0.1, -0.05) is 24.9 Å². The highest BCUT2D eigenvalue weighted by molar-refractivity contribution is 6.30. The van der Waals surface area contributed by atoms with E-state index < -0.39 is 5.97 Å². The summed E-state index contributed by atoms with van der Waals surface area (Å²) in [5.74, 6) is -0.383. The van der Waals surface area contributed by atoms with Crippen LogP contribution in [0, 0.1) is 0 Å². The normalized spacial score (nSPS) is 10.3. The maximum absolute atomic E-state index is 11.1. The summed E-state index contributed by atoms with van der Waals surface area (Å²) in [5, 5.41) is 9.53. The first kappa shape index (κ1) is 14.3. The Morgan fingerprint density at radius 1 is 1.35 bits per heavy atom. The third-order valence-corrected chi connectivity index (χ3v) is 2.72. The number of rotatable bonds is 5. The number of aryl methyl sites for hydroxylation is 1. The van der Waals surface area contributed by atoms with Crippen LogP contribution in [0.25, 0.3) is 0 Å². The molecule has 0 saturated carbocycles. The predicted octanol–water partition coefficient (Wildman–Crippen LogP) is 3.57. The van der Waals surface area contributed by atoms with Gasteiger partial charge in [-0.15, -0.1) is 0 Å². The molecule has 0 aliphatic heterocycles. The molecule has 0 aliphatic carbocycles. The number of aromatic nitrogens is 2. The highest BCUT2D eigenvalue weighted by atomic mass is 35.5. The SMILES string of the molecule is CCCc1cc(C(=O)O)cc(Oc2cncc(Cl)c2)n1. The van der Waals surface area contributed by atoms with E-state index in [0.29, 0.717) is 22.9 Å². The first-order chi connectivity index (χ1) is 9.58. The second-order valence-corrected chi connectivity index (χ2v) is 4.62. The zero-order valence-electron chi connectivity index (χ0n) is 10.8. The number of pyridine rings is 2. The largest absolute Gasteiger partial charge is 0.478 e. The van der Waals surface area contributed by atoms with E-state index >= 15 is 0 Å². The number of halogens is 1. The van der Waals surface area contributed by atoms with E-state index in [2.05, 4.69) is 9.97 Å². The standard InChI is InChI=1S/C14H13ClN2O3/c1-2-3-11-4-9(14(18)19)5-13(17-11)20-12-6-10(15)7-16-8-12/h4-8H,2-3H2,1H3,(H,18,19). The minimum atomic E-state index is -1.01. The number of carbonyl (C=O) groups is 1. The van der Waals surface area contributed by atoms with Crippen LogP contribution in [0.1, 0.15) is 29.4 Å². The van der Waals surface area contributed by atoms with Gasteiger partial charge in [0.1, 0.15) is 5.75 Å². The lowest BCUT2D eigenvalue weighted by Gasteiger charge is -2.08. The van der Waals surface area contributed by atoms with Crippen LogP contribution in [0.2, 0.25) is 5.02 Å². The Labute approximate surface area is 121 Å². The average molecular weight is 293 g/mol. The van der Waals surface area contributed by atoms with Gasteiger partial charge in [-0.25, -0.2) is 9.78 Å². The van der Waals surface area contributed by atoms with Crippen molar-refractivity contribution < 1.29 is 14.6 Å². The molecular formula is C14H13ClN2O3. The molecule has 0 aromatic carbocycles. The first-order valence-electron chi connectivity index (χ1n) is 6.11. The van der Waals surface area contributed by atoms with Gasteiger partial charge < -0.3 is 9.84 Å². The van der Waals surface area contributed by atoms with Crippen molar-refractivity contribution in [1.29, 1.82) is 0 Å². The van der Waals surface area contributed by atoms with Crippen LogP contribution in [0.15, 0.2) is 30.6 Å². The predicted molar refractivity (Wildman–Crippen MR) is 74.5 cm³/mol. The Morgan fingerprint density at radius 2 is 2.15 bits per heavy atom. The van der Waals surface area contributed by atoms with Gasteiger partial charge in [-0.2, -0.15) is 0 Å². The molecule has 0 unspecified atom stereocenters. The molecule has 6 heteroatoms. The average Bonchev–Trinajstić information content (AvgIpc) is 2.38. The Hall–Kier alpha value is -2.14. The van der Waals surface area contributed by atoms with Crippen LogP contribution >= 0.6 is 11.6 Å². The second-order valence-electron chi connectivity index (χ2n) is 4.18. The van der Waals surface area contributed by atoms with E-state index in [1.165, 1.54) is 18.5 Å². The van der Waals surface area contributed by atoms with Crippen LogP contribution < -0.4 is 4.74 Å². The van der Waals surface area contributed by atoms with Crippen LogP contribution in [0.4, 0.5) is 0 Å². The maximum atomic E-state index is 11.1. The Bertz CT molecular complexity index is 632. The Balaban J connectivity index is 2.32. The summed E-state index contributed by atoms with van der Waals surface area (Å²) in [4.78, 5) is 19.3. The fourth-order valence-corrected chi connectivity index (χ4v) is 1.85. The number of hydrogen-bond donors (Lipinski definition) is 1. The maximum Gasteiger partial charge on any atom is 0.335 e. The summed E-state index contributed by atoms with van der Waals surface area (Å²) < 4.78 is 5.52. The van der Waals surface area contributed by atoms with Crippen molar-refractivity contribution in [3.05, 3.63) is 46.9 Å². The minimum Gasteiger partial charge on any atom is -0.478 e. The lowest BCUT2D eigenvalue weighted by Crippen LogP contribution is -2.02. The topological polar surface area (TPSA) is 72.3 Å². The summed E-state index contributed by atoms with van der Waals surface area (Å²) in [6.45, 7) is 2.00. The number of ether oxygens (including phenoxy) is 1. The van der Waals surface area contributed by atoms with Gasteiger partial charge in [0.25, 0.3) is 0 Å². The van der Waals surface area contributed by atoms with Crippen molar-refractivity contribution in [2.75, 3.05) is 0 Å². The van der Waals surface area contributed by atoms with Crippen molar-refractivity contribution in [3.63, 3.8) is 0 Å². The van der Waals surface area contributed by atoms with Gasteiger partial charge in [-0.05, 0) is 12.5 Å². The van der Waals surface area contributed by atoms with Gasteiger partial charge in [0.2, 0.25) is 5.88 Å². The van der Waals surface area contributed by atoms with Gasteiger partial charge in [0.05, 0.1) is 16.8 Å². The summed E-state index contributed by atoms with van der Waals surface area (Å²) in [5.41, 5.74) is 0.825. The molecule has 0 radical (unpaired) electrons. The first-order valence-corrected chi connectivity index (χ1v) is 6.49. The Morgan fingerprint density at radius 3 is 2.80 bits per heavy atom. The number of aromatic carboxylic acids is 1. The van der Waals surface area contributed by atoms with Crippen molar-refractivity contribution >= 4 is 17.6 Å². The molecule has 0 spiro atoms. The third kappa shape index (κ3) is 3.68. The van der Waals surface area contributed by atoms with Crippen LogP contribution in [-0.2, 0) is 6.42 Å². The lowest BCUT2D eigenvalue weighted by atomic mass is 10.1. The van der Waals surface area contributed by atoms with Crippen LogP contribution in [0.3, 0.4) is 0 Å². The van der Waals surface area contributed by atoms with Gasteiger partial charge >= 0.3 is 5.97 Å². The zero-order chi connectivity index (χ0) is 14.5. The molecule has 5 nitrogen and oxygen atoms in total. The highest BCUT2D eigenvalue weighted by Gasteiger charge is 2.10. The molecule has 0 saturated heterocycles. The van der Waals surface area contributed by atoms with Crippen LogP contribution in [-0.4, -0.2) is 21.0 Å². The number of hydrogen-bond acceptors (Lipinski definition) is 4. The molecule has 0 fully saturated rings. The van der Waals surface area contributed by atoms with E-state index in [9.17, 15) is 4.79 Å². The zero-order valence-corrected chi connectivity index (χ0v) is 11.6. The van der Waals surface area contributed by atoms with Crippen molar-refractivity contribution in [2.45, 2.75) is 19.8 Å². The van der Waals surface area contributed by atoms with E-state index in [1.54, 1.807) is 12.1 Å². The van der Waals surface area contributed by atoms with Crippen LogP contribution in [0.5, 0.6) is 11.6 Å². The molecule has 1 N–H and O–H groups in total. The van der Waals surface area contributed by atoms with Crippen molar-refractivity contribution in [3.8, 4) is 11.6 Å². The summed E-state index contributed by atoms with van der Waals surface area (Å²) in [6, 6.07) is 4.51. The molecule has 0 aliphatic rings. The smallest absolute Gasteiger partial charge is 0.335 e. The molecule has 2 aromatic rings. The van der Waals surface area contributed by atoms with Crippen molar-refractivity contribution in [1.82, 2.24) is 9.97 Å². The van der Waals surface area contributed by atoms with E-state index in [0.717, 1.165) is 6.42 Å². The number of nitrogens with zero attached hydrogens (tertiary/aromatic N) is 2. The molecule has 0 amide bonds. The van der Waals surface area contributed by atoms with Crippen molar-refractivity contribution in [2.24, 2.45) is 0 Å². The molecule has 2 heterocycles. The lowest BCUT2D eigenvalue weighted by molar-refractivity contribution is 0.0696. The number of carboxylic acids is 1. The summed E-state index contributed by atoms with van der Waals surface area (Å²) in [7, 11) is 0. The van der Waals surface area contributed by atoms with Gasteiger partial charge in [0, 0.05) is 24.0 Å². The van der Waals surface area contributed by atoms with E-state index in [1.807, 2.05) is 6.92 Å². The summed E-state index contributed by atoms with van der Waals surface area (Å²) in [6.07, 6.45) is 4.53. The third-order valence-electron chi connectivity index (χ3n) is 2.51. The summed E-state index contributed by atoms with van der Waals surface area (Å²) >= 11 is 5.82. The fraction of sp³-hybridized carbons (Fsp3) is 0.214. The molecule has 2 rings (SSSR count). The molecular weight excluding hydrogens is 280 g/mol. The van der Waals surface area contributed by atoms with E-state index in [4.69, 9.17) is 21.4 Å². The quantitative estimate of drug-likeness (QED) is 0.912. The molecule has 20 heavy (non-hydrogen) atoms. The molecule has 104 valence electrons. The monoisotopic (exact) mass is 292 g/mol.